The van der Waals surface area contributed by atoms with Crippen molar-refractivity contribution < 1.29 is 4.74 Å². The number of hydrogen-bond acceptors (Lipinski definition) is 3. The smallest absolute Gasteiger partial charge is 0.124 e. The quantitative estimate of drug-likeness (QED) is 0.909. The fourth-order valence-electron chi connectivity index (χ4n) is 4.48. The Kier molecular flexibility index (Phi) is 5.50. The molecule has 0 radical (unpaired) electrons. The molecule has 4 rings (SSSR count). The maximum atomic E-state index is 6.29. The molecule has 1 aromatic rings. The van der Waals surface area contributed by atoms with Crippen molar-refractivity contribution in [2.24, 2.45) is 5.41 Å². The summed E-state index contributed by atoms with van der Waals surface area (Å²) in [5.41, 5.74) is 1.93. The van der Waals surface area contributed by atoms with Crippen LogP contribution in [-0.2, 0) is 6.54 Å². The second kappa shape index (κ2) is 7.42. The summed E-state index contributed by atoms with van der Waals surface area (Å²) in [4.78, 5) is 2.63. The molecule has 2 saturated heterocycles. The summed E-state index contributed by atoms with van der Waals surface area (Å²) >= 11 is 0. The topological polar surface area (TPSA) is 24.5 Å². The summed E-state index contributed by atoms with van der Waals surface area (Å²) in [6.07, 6.45) is 8.27. The van der Waals surface area contributed by atoms with Crippen molar-refractivity contribution in [3.63, 3.8) is 0 Å². The second-order valence-corrected chi connectivity index (χ2v) is 7.52. The third-order valence-corrected chi connectivity index (χ3v) is 5.81. The van der Waals surface area contributed by atoms with Crippen LogP contribution in [0.25, 0.3) is 0 Å². The molecule has 0 aromatic heterocycles. The average molecular weight is 337 g/mol. The predicted octanol–water partition coefficient (Wildman–Crippen LogP) is 3.62. The third kappa shape index (κ3) is 3.84. The maximum absolute atomic E-state index is 6.29. The highest BCUT2D eigenvalue weighted by Gasteiger charge is 2.40. The van der Waals surface area contributed by atoms with Gasteiger partial charge >= 0.3 is 0 Å². The standard InChI is InChI=1S/C19H28N2O.ClH/c1-4-8-18(22-17-6-2-3-7-17)16(5-1)13-21-12-10-19(15-21)9-11-20-14-19;/h1,4-5,8,17,20H,2-3,6-7,9-15H2;1H. The number of benzene rings is 1. The van der Waals surface area contributed by atoms with Gasteiger partial charge in [-0.1, -0.05) is 18.2 Å². The van der Waals surface area contributed by atoms with Crippen LogP contribution in [0.2, 0.25) is 0 Å². The Balaban J connectivity index is 0.00000156. The summed E-state index contributed by atoms with van der Waals surface area (Å²) in [7, 11) is 0. The number of likely N-dealkylation sites (tertiary alicyclic amines) is 1. The van der Waals surface area contributed by atoms with E-state index in [1.807, 2.05) is 0 Å². The Morgan fingerprint density at radius 3 is 2.78 bits per heavy atom. The van der Waals surface area contributed by atoms with E-state index in [0.717, 1.165) is 12.3 Å². The molecule has 4 heteroatoms. The SMILES string of the molecule is Cl.c1ccc(OC2CCCC2)c(CN2CCC3(CCNC3)C2)c1. The van der Waals surface area contributed by atoms with E-state index in [2.05, 4.69) is 34.5 Å². The van der Waals surface area contributed by atoms with E-state index >= 15 is 0 Å². The molecule has 1 unspecified atom stereocenters. The first kappa shape index (κ1) is 17.1. The normalized spacial score (nSPS) is 28.3. The van der Waals surface area contributed by atoms with Gasteiger partial charge in [0.2, 0.25) is 0 Å². The van der Waals surface area contributed by atoms with Gasteiger partial charge in [0.05, 0.1) is 6.10 Å². The van der Waals surface area contributed by atoms with Crippen LogP contribution in [0.5, 0.6) is 5.75 Å². The summed E-state index contributed by atoms with van der Waals surface area (Å²) < 4.78 is 6.29. The van der Waals surface area contributed by atoms with Gasteiger partial charge in [0.15, 0.2) is 0 Å². The van der Waals surface area contributed by atoms with Gasteiger partial charge in [-0.2, -0.15) is 0 Å². The molecule has 1 saturated carbocycles. The summed E-state index contributed by atoms with van der Waals surface area (Å²) in [5, 5.41) is 3.55. The zero-order chi connectivity index (χ0) is 14.8. The van der Waals surface area contributed by atoms with E-state index in [9.17, 15) is 0 Å². The number of hydrogen-bond donors (Lipinski definition) is 1. The van der Waals surface area contributed by atoms with Crippen molar-refractivity contribution in [3.8, 4) is 5.75 Å². The van der Waals surface area contributed by atoms with Gasteiger partial charge in [0.1, 0.15) is 5.75 Å². The molecule has 2 aliphatic heterocycles. The van der Waals surface area contributed by atoms with Crippen molar-refractivity contribution in [2.75, 3.05) is 26.2 Å². The number of halogens is 1. The molecule has 2 heterocycles. The summed E-state index contributed by atoms with van der Waals surface area (Å²) in [6, 6.07) is 8.68. The van der Waals surface area contributed by atoms with E-state index in [-0.39, 0.29) is 12.4 Å². The molecule has 1 aliphatic carbocycles. The van der Waals surface area contributed by atoms with Crippen LogP contribution in [0.1, 0.15) is 44.1 Å². The van der Waals surface area contributed by atoms with E-state index in [1.165, 1.54) is 70.3 Å². The summed E-state index contributed by atoms with van der Waals surface area (Å²) in [6.45, 7) is 5.95. The first-order chi connectivity index (χ1) is 10.8. The maximum Gasteiger partial charge on any atom is 0.124 e. The Morgan fingerprint density at radius 1 is 1.17 bits per heavy atom. The van der Waals surface area contributed by atoms with Crippen molar-refractivity contribution in [2.45, 2.75) is 51.2 Å². The largest absolute Gasteiger partial charge is 0.490 e. The molecule has 3 fully saturated rings. The molecule has 1 aromatic carbocycles. The van der Waals surface area contributed by atoms with Gasteiger partial charge in [0.25, 0.3) is 0 Å². The number of ether oxygens (including phenoxy) is 1. The van der Waals surface area contributed by atoms with Crippen LogP contribution in [0.15, 0.2) is 24.3 Å². The number of rotatable bonds is 4. The highest BCUT2D eigenvalue weighted by atomic mass is 35.5. The molecule has 128 valence electrons. The van der Waals surface area contributed by atoms with Crippen molar-refractivity contribution >= 4 is 12.4 Å². The lowest BCUT2D eigenvalue weighted by molar-refractivity contribution is 0.202. The van der Waals surface area contributed by atoms with Crippen LogP contribution < -0.4 is 10.1 Å². The fraction of sp³-hybridized carbons (Fsp3) is 0.684. The first-order valence-corrected chi connectivity index (χ1v) is 9.01. The van der Waals surface area contributed by atoms with Crippen molar-refractivity contribution in [3.05, 3.63) is 29.8 Å². The summed E-state index contributed by atoms with van der Waals surface area (Å²) in [5.74, 6) is 1.12. The van der Waals surface area contributed by atoms with Gasteiger partial charge in [0, 0.05) is 25.2 Å². The predicted molar refractivity (Wildman–Crippen MR) is 96.4 cm³/mol. The molecule has 3 aliphatic rings. The highest BCUT2D eigenvalue weighted by molar-refractivity contribution is 5.85. The van der Waals surface area contributed by atoms with Crippen LogP contribution in [0.3, 0.4) is 0 Å². The molecule has 1 spiro atoms. The lowest BCUT2D eigenvalue weighted by Gasteiger charge is -2.24. The van der Waals surface area contributed by atoms with Gasteiger partial charge in [-0.15, -0.1) is 12.4 Å². The van der Waals surface area contributed by atoms with Crippen molar-refractivity contribution in [1.82, 2.24) is 10.2 Å². The highest BCUT2D eigenvalue weighted by Crippen LogP contribution is 2.37. The number of nitrogens with one attached hydrogen (secondary N) is 1. The van der Waals surface area contributed by atoms with Gasteiger partial charge < -0.3 is 10.1 Å². The molecule has 0 bridgehead atoms. The molecule has 23 heavy (non-hydrogen) atoms. The number of nitrogens with zero attached hydrogens (tertiary/aromatic N) is 1. The molecular formula is C19H29ClN2O. The van der Waals surface area contributed by atoms with Crippen LogP contribution >= 0.6 is 12.4 Å². The van der Waals surface area contributed by atoms with Crippen LogP contribution in [0, 0.1) is 5.41 Å². The Labute approximate surface area is 146 Å². The van der Waals surface area contributed by atoms with Gasteiger partial charge in [-0.05, 0) is 63.1 Å². The molecule has 1 atom stereocenters. The minimum Gasteiger partial charge on any atom is -0.490 e. The fourth-order valence-corrected chi connectivity index (χ4v) is 4.48. The van der Waals surface area contributed by atoms with E-state index < -0.39 is 0 Å². The average Bonchev–Trinajstić information content (AvgIpc) is 3.26. The molecule has 0 amide bonds. The minimum atomic E-state index is 0. The Morgan fingerprint density at radius 2 is 2.00 bits per heavy atom. The zero-order valence-corrected chi connectivity index (χ0v) is 14.7. The molecule has 3 nitrogen and oxygen atoms in total. The van der Waals surface area contributed by atoms with Gasteiger partial charge in [-0.25, -0.2) is 0 Å². The number of para-hydroxylation sites is 1. The molecule has 1 N–H and O–H groups in total. The lowest BCUT2D eigenvalue weighted by atomic mass is 9.86. The lowest BCUT2D eigenvalue weighted by Crippen LogP contribution is -2.29. The Hall–Kier alpha value is -0.770. The van der Waals surface area contributed by atoms with Gasteiger partial charge in [-0.3, -0.25) is 4.90 Å². The van der Waals surface area contributed by atoms with Crippen LogP contribution in [-0.4, -0.2) is 37.2 Å². The third-order valence-electron chi connectivity index (χ3n) is 5.81. The van der Waals surface area contributed by atoms with Crippen molar-refractivity contribution in [1.29, 1.82) is 0 Å². The first-order valence-electron chi connectivity index (χ1n) is 9.01. The van der Waals surface area contributed by atoms with E-state index in [4.69, 9.17) is 4.74 Å². The second-order valence-electron chi connectivity index (χ2n) is 7.52. The van der Waals surface area contributed by atoms with E-state index in [1.54, 1.807) is 0 Å². The van der Waals surface area contributed by atoms with E-state index in [0.29, 0.717) is 11.5 Å². The minimum absolute atomic E-state index is 0. The van der Waals surface area contributed by atoms with Crippen LogP contribution in [0.4, 0.5) is 0 Å². The monoisotopic (exact) mass is 336 g/mol. The molecular weight excluding hydrogens is 308 g/mol. The Bertz CT molecular complexity index is 510. The zero-order valence-electron chi connectivity index (χ0n) is 13.9.